The van der Waals surface area contributed by atoms with Crippen molar-refractivity contribution in [3.8, 4) is 6.07 Å². The van der Waals surface area contributed by atoms with Gasteiger partial charge in [-0.3, -0.25) is 0 Å². The van der Waals surface area contributed by atoms with Crippen molar-refractivity contribution in [2.45, 2.75) is 31.8 Å². The summed E-state index contributed by atoms with van der Waals surface area (Å²) in [5.41, 5.74) is 1.08. The van der Waals surface area contributed by atoms with Crippen molar-refractivity contribution in [3.05, 3.63) is 17.7 Å². The number of nitriles is 1. The quantitative estimate of drug-likeness (QED) is 0.771. The van der Waals surface area contributed by atoms with E-state index in [1.165, 1.54) is 19.3 Å². The van der Waals surface area contributed by atoms with Gasteiger partial charge in [0, 0.05) is 19.6 Å². The summed E-state index contributed by atoms with van der Waals surface area (Å²) in [4.78, 5) is 4.02. The minimum absolute atomic E-state index is 0.482. The highest BCUT2D eigenvalue weighted by molar-refractivity contribution is 5.16. The second-order valence-electron chi connectivity index (χ2n) is 3.75. The van der Waals surface area contributed by atoms with Crippen molar-refractivity contribution in [3.63, 3.8) is 0 Å². The molecule has 4 heteroatoms. The van der Waals surface area contributed by atoms with E-state index in [-0.39, 0.29) is 0 Å². The van der Waals surface area contributed by atoms with Crippen LogP contribution < -0.4 is 5.32 Å². The Morgan fingerprint density at radius 1 is 1.71 bits per heavy atom. The predicted molar refractivity (Wildman–Crippen MR) is 52.4 cm³/mol. The minimum atomic E-state index is 0.482. The first-order chi connectivity index (χ1) is 6.81. The molecule has 1 aromatic heterocycles. The number of hydrogen-bond donors (Lipinski definition) is 1. The molecule has 4 nitrogen and oxygen atoms in total. The van der Waals surface area contributed by atoms with Crippen LogP contribution in [0.4, 0.5) is 0 Å². The van der Waals surface area contributed by atoms with E-state index in [9.17, 15) is 0 Å². The van der Waals surface area contributed by atoms with Gasteiger partial charge in [-0.15, -0.1) is 0 Å². The van der Waals surface area contributed by atoms with E-state index in [0.717, 1.165) is 12.2 Å². The first kappa shape index (κ1) is 9.22. The Hall–Kier alpha value is -1.34. The van der Waals surface area contributed by atoms with Crippen molar-refractivity contribution in [1.29, 1.82) is 5.26 Å². The van der Waals surface area contributed by atoms with Gasteiger partial charge in [0.15, 0.2) is 0 Å². The normalized spacial score (nSPS) is 16.3. The number of hydrogen-bond acceptors (Lipinski definition) is 3. The number of nitrogens with zero attached hydrogens (tertiary/aromatic N) is 3. The van der Waals surface area contributed by atoms with Gasteiger partial charge in [0.2, 0.25) is 5.82 Å². The van der Waals surface area contributed by atoms with E-state index in [1.807, 2.05) is 11.6 Å². The average molecular weight is 190 g/mol. The van der Waals surface area contributed by atoms with Crippen LogP contribution in [-0.4, -0.2) is 15.6 Å². The molecule has 0 amide bonds. The van der Waals surface area contributed by atoms with Gasteiger partial charge in [0.05, 0.1) is 11.9 Å². The maximum absolute atomic E-state index is 8.71. The van der Waals surface area contributed by atoms with E-state index >= 15 is 0 Å². The van der Waals surface area contributed by atoms with Gasteiger partial charge in [-0.1, -0.05) is 6.42 Å². The van der Waals surface area contributed by atoms with Gasteiger partial charge in [-0.2, -0.15) is 5.26 Å². The lowest BCUT2D eigenvalue weighted by Crippen LogP contribution is -2.34. The zero-order valence-electron chi connectivity index (χ0n) is 8.32. The molecule has 1 N–H and O–H groups in total. The van der Waals surface area contributed by atoms with Crippen molar-refractivity contribution in [2.75, 3.05) is 0 Å². The molecule has 74 valence electrons. The Morgan fingerprint density at radius 3 is 3.00 bits per heavy atom. The van der Waals surface area contributed by atoms with E-state index in [2.05, 4.69) is 16.4 Å². The largest absolute Gasteiger partial charge is 0.322 e. The fourth-order valence-corrected chi connectivity index (χ4v) is 1.57. The second-order valence-corrected chi connectivity index (χ2v) is 3.75. The summed E-state index contributed by atoms with van der Waals surface area (Å²) in [6, 6.07) is 2.73. The Kier molecular flexibility index (Phi) is 2.51. The summed E-state index contributed by atoms with van der Waals surface area (Å²) in [7, 11) is 1.88. The molecule has 0 unspecified atom stereocenters. The van der Waals surface area contributed by atoms with Crippen LogP contribution in [-0.2, 0) is 13.6 Å². The van der Waals surface area contributed by atoms with Crippen molar-refractivity contribution in [1.82, 2.24) is 14.9 Å². The highest BCUT2D eigenvalue weighted by Crippen LogP contribution is 2.18. The lowest BCUT2D eigenvalue weighted by Gasteiger charge is -2.26. The van der Waals surface area contributed by atoms with E-state index < -0.39 is 0 Å². The Bertz CT molecular complexity index is 357. The summed E-state index contributed by atoms with van der Waals surface area (Å²) in [5.74, 6) is 0.482. The molecule has 0 radical (unpaired) electrons. The topological polar surface area (TPSA) is 53.6 Å². The predicted octanol–water partition coefficient (Wildman–Crippen LogP) is 0.934. The average Bonchev–Trinajstić information content (AvgIpc) is 2.45. The summed E-state index contributed by atoms with van der Waals surface area (Å²) >= 11 is 0. The van der Waals surface area contributed by atoms with E-state index in [0.29, 0.717) is 11.9 Å². The highest BCUT2D eigenvalue weighted by atomic mass is 15.1. The molecule has 1 heterocycles. The third kappa shape index (κ3) is 1.64. The first-order valence-corrected chi connectivity index (χ1v) is 4.95. The van der Waals surface area contributed by atoms with E-state index in [1.54, 1.807) is 6.20 Å². The number of aromatic nitrogens is 2. The molecular weight excluding hydrogens is 176 g/mol. The van der Waals surface area contributed by atoms with Crippen molar-refractivity contribution < 1.29 is 0 Å². The van der Waals surface area contributed by atoms with Gasteiger partial charge in [0.1, 0.15) is 6.07 Å². The molecule has 14 heavy (non-hydrogen) atoms. The fraction of sp³-hybridized carbons (Fsp3) is 0.600. The van der Waals surface area contributed by atoms with Crippen molar-refractivity contribution in [2.24, 2.45) is 7.05 Å². The maximum Gasteiger partial charge on any atom is 0.212 e. The highest BCUT2D eigenvalue weighted by Gasteiger charge is 2.17. The number of nitrogens with one attached hydrogen (secondary N) is 1. The van der Waals surface area contributed by atoms with Crippen LogP contribution in [0.2, 0.25) is 0 Å². The van der Waals surface area contributed by atoms with Crippen LogP contribution in [0, 0.1) is 11.3 Å². The number of imidazole rings is 1. The van der Waals surface area contributed by atoms with Crippen LogP contribution in [0.15, 0.2) is 6.20 Å². The van der Waals surface area contributed by atoms with Gasteiger partial charge in [-0.05, 0) is 12.8 Å². The lowest BCUT2D eigenvalue weighted by molar-refractivity contribution is 0.335. The summed E-state index contributed by atoms with van der Waals surface area (Å²) < 4.78 is 1.84. The third-order valence-electron chi connectivity index (χ3n) is 2.86. The third-order valence-corrected chi connectivity index (χ3v) is 2.86. The zero-order chi connectivity index (χ0) is 9.97. The zero-order valence-corrected chi connectivity index (χ0v) is 8.32. The molecule has 2 rings (SSSR count). The molecule has 1 aliphatic rings. The second kappa shape index (κ2) is 3.81. The molecule has 0 bridgehead atoms. The monoisotopic (exact) mass is 190 g/mol. The molecule has 1 aromatic rings. The van der Waals surface area contributed by atoms with Crippen LogP contribution in [0.5, 0.6) is 0 Å². The Balaban J connectivity index is 1.95. The Labute approximate surface area is 83.6 Å². The maximum atomic E-state index is 8.71. The van der Waals surface area contributed by atoms with Crippen LogP contribution in [0.25, 0.3) is 0 Å². The SMILES string of the molecule is Cn1c(CNC2CCC2)cnc1C#N. The van der Waals surface area contributed by atoms with Gasteiger partial charge < -0.3 is 9.88 Å². The lowest BCUT2D eigenvalue weighted by atomic mass is 9.93. The molecule has 0 spiro atoms. The molecule has 0 atom stereocenters. The molecular formula is C10H14N4. The van der Waals surface area contributed by atoms with E-state index in [4.69, 9.17) is 5.26 Å². The minimum Gasteiger partial charge on any atom is -0.322 e. The van der Waals surface area contributed by atoms with Crippen molar-refractivity contribution >= 4 is 0 Å². The molecule has 0 aliphatic heterocycles. The van der Waals surface area contributed by atoms with Crippen LogP contribution in [0.3, 0.4) is 0 Å². The summed E-state index contributed by atoms with van der Waals surface area (Å²) in [5, 5.41) is 12.2. The standard InChI is InChI=1S/C10H14N4/c1-14-9(7-13-10(14)5-11)6-12-8-3-2-4-8/h7-8,12H,2-4,6H2,1H3. The van der Waals surface area contributed by atoms with Gasteiger partial charge >= 0.3 is 0 Å². The number of rotatable bonds is 3. The molecule has 1 fully saturated rings. The fourth-order valence-electron chi connectivity index (χ4n) is 1.57. The Morgan fingerprint density at radius 2 is 2.50 bits per heavy atom. The smallest absolute Gasteiger partial charge is 0.212 e. The molecule has 1 saturated carbocycles. The molecule has 1 aliphatic carbocycles. The summed E-state index contributed by atoms with van der Waals surface area (Å²) in [6.45, 7) is 0.815. The first-order valence-electron chi connectivity index (χ1n) is 4.95. The molecule has 0 saturated heterocycles. The molecule has 0 aromatic carbocycles. The van der Waals surface area contributed by atoms with Crippen LogP contribution >= 0.6 is 0 Å². The van der Waals surface area contributed by atoms with Crippen LogP contribution in [0.1, 0.15) is 30.8 Å². The van der Waals surface area contributed by atoms with Gasteiger partial charge in [0.25, 0.3) is 0 Å². The summed E-state index contributed by atoms with van der Waals surface area (Å²) in [6.07, 6.45) is 5.67. The van der Waals surface area contributed by atoms with Gasteiger partial charge in [-0.25, -0.2) is 4.98 Å².